The number of hydrazone groups is 1. The van der Waals surface area contributed by atoms with Gasteiger partial charge in [-0.15, -0.1) is 0 Å². The number of amides is 1. The van der Waals surface area contributed by atoms with Gasteiger partial charge in [0.2, 0.25) is 5.91 Å². The summed E-state index contributed by atoms with van der Waals surface area (Å²) in [7, 11) is 0. The number of carbonyl (C=O) groups is 1. The molecule has 0 unspecified atom stereocenters. The second kappa shape index (κ2) is 12.0. The van der Waals surface area contributed by atoms with Crippen molar-refractivity contribution in [1.29, 1.82) is 0 Å². The number of hydrogen-bond acceptors (Lipinski definition) is 4. The molecule has 0 fully saturated rings. The SMILES string of the molecule is CCOc1cc(/C=N\NC(=O)Cc2cccc3ccccc23)c(Br)cc1OCc1ccc(Br)cc1. The van der Waals surface area contributed by atoms with Crippen molar-refractivity contribution >= 4 is 54.8 Å². The van der Waals surface area contributed by atoms with Gasteiger partial charge in [0.1, 0.15) is 6.61 Å². The standard InChI is InChI=1S/C28H24Br2N2O3/c1-2-34-26-14-22(25(30)16-27(26)35-18-19-10-12-23(29)13-11-19)17-31-32-28(33)15-21-8-5-7-20-6-3-4-9-24(20)21/h3-14,16-17H,2,15,18H2,1H3,(H,32,33)/b31-17-. The zero-order valence-electron chi connectivity index (χ0n) is 19.1. The van der Waals surface area contributed by atoms with Crippen molar-refractivity contribution in [2.45, 2.75) is 20.0 Å². The van der Waals surface area contributed by atoms with Crippen LogP contribution in [-0.2, 0) is 17.8 Å². The van der Waals surface area contributed by atoms with Crippen LogP contribution in [-0.4, -0.2) is 18.7 Å². The maximum absolute atomic E-state index is 12.5. The van der Waals surface area contributed by atoms with Crippen molar-refractivity contribution in [2.75, 3.05) is 6.61 Å². The molecule has 0 aliphatic heterocycles. The number of nitrogens with one attached hydrogen (secondary N) is 1. The fourth-order valence-corrected chi connectivity index (χ4v) is 4.29. The first-order valence-corrected chi connectivity index (χ1v) is 12.7. The third-order valence-electron chi connectivity index (χ3n) is 5.29. The van der Waals surface area contributed by atoms with Gasteiger partial charge >= 0.3 is 0 Å². The van der Waals surface area contributed by atoms with Crippen molar-refractivity contribution in [3.63, 3.8) is 0 Å². The molecule has 0 saturated carbocycles. The molecule has 5 nitrogen and oxygen atoms in total. The Morgan fingerprint density at radius 3 is 2.49 bits per heavy atom. The van der Waals surface area contributed by atoms with Crippen LogP contribution in [0.1, 0.15) is 23.6 Å². The largest absolute Gasteiger partial charge is 0.490 e. The first kappa shape index (κ1) is 24.9. The summed E-state index contributed by atoms with van der Waals surface area (Å²) in [6, 6.07) is 25.6. The van der Waals surface area contributed by atoms with Gasteiger partial charge < -0.3 is 9.47 Å². The van der Waals surface area contributed by atoms with Crippen LogP contribution in [0.5, 0.6) is 11.5 Å². The molecule has 1 amide bonds. The van der Waals surface area contributed by atoms with Crippen LogP contribution in [0.3, 0.4) is 0 Å². The third-order valence-corrected chi connectivity index (χ3v) is 6.51. The summed E-state index contributed by atoms with van der Waals surface area (Å²) < 4.78 is 13.6. The van der Waals surface area contributed by atoms with Gasteiger partial charge in [0.05, 0.1) is 19.2 Å². The summed E-state index contributed by atoms with van der Waals surface area (Å²) in [6.45, 7) is 2.83. The summed E-state index contributed by atoms with van der Waals surface area (Å²) >= 11 is 7.01. The normalized spacial score (nSPS) is 11.1. The average Bonchev–Trinajstić information content (AvgIpc) is 2.86. The number of halogens is 2. The second-order valence-corrected chi connectivity index (χ2v) is 9.55. The van der Waals surface area contributed by atoms with Gasteiger partial charge in [-0.1, -0.05) is 70.5 Å². The third kappa shape index (κ3) is 6.71. The van der Waals surface area contributed by atoms with E-state index in [2.05, 4.69) is 42.4 Å². The van der Waals surface area contributed by atoms with Crippen molar-refractivity contribution in [1.82, 2.24) is 5.43 Å². The van der Waals surface area contributed by atoms with Gasteiger partial charge in [-0.25, -0.2) is 5.43 Å². The number of benzene rings is 4. The lowest BCUT2D eigenvalue weighted by atomic mass is 10.0. The van der Waals surface area contributed by atoms with Crippen LogP contribution >= 0.6 is 31.9 Å². The van der Waals surface area contributed by atoms with E-state index in [1.807, 2.05) is 85.8 Å². The van der Waals surface area contributed by atoms with E-state index in [1.165, 1.54) is 0 Å². The minimum atomic E-state index is -0.187. The Balaban J connectivity index is 1.43. The number of rotatable bonds is 9. The molecule has 35 heavy (non-hydrogen) atoms. The summed E-state index contributed by atoms with van der Waals surface area (Å²) in [6.07, 6.45) is 1.83. The zero-order valence-corrected chi connectivity index (χ0v) is 22.3. The van der Waals surface area contributed by atoms with Gasteiger partial charge in [0, 0.05) is 14.5 Å². The topological polar surface area (TPSA) is 59.9 Å². The smallest absolute Gasteiger partial charge is 0.244 e. The molecule has 4 aromatic carbocycles. The first-order valence-electron chi connectivity index (χ1n) is 11.2. The summed E-state index contributed by atoms with van der Waals surface area (Å²) in [5.74, 6) is 1.04. The van der Waals surface area contributed by atoms with Gasteiger partial charge in [-0.2, -0.15) is 5.10 Å². The second-order valence-electron chi connectivity index (χ2n) is 7.78. The molecule has 0 aliphatic rings. The molecule has 4 rings (SSSR count). The van der Waals surface area contributed by atoms with E-state index in [9.17, 15) is 4.79 Å². The highest BCUT2D eigenvalue weighted by atomic mass is 79.9. The molecule has 7 heteroatoms. The van der Waals surface area contributed by atoms with Crippen LogP contribution in [0, 0.1) is 0 Å². The Hall–Kier alpha value is -3.16. The van der Waals surface area contributed by atoms with Gasteiger partial charge in [-0.3, -0.25) is 4.79 Å². The molecular formula is C28H24Br2N2O3. The lowest BCUT2D eigenvalue weighted by molar-refractivity contribution is -0.120. The molecule has 0 saturated heterocycles. The summed E-state index contributed by atoms with van der Waals surface area (Å²) in [5.41, 5.74) is 5.39. The van der Waals surface area contributed by atoms with Crippen molar-refractivity contribution < 1.29 is 14.3 Å². The molecular weight excluding hydrogens is 572 g/mol. The quantitative estimate of drug-likeness (QED) is 0.167. The predicted octanol–water partition coefficient (Wildman–Crippen LogP) is 7.04. The zero-order chi connectivity index (χ0) is 24.6. The van der Waals surface area contributed by atoms with Gasteiger partial charge in [0.15, 0.2) is 11.5 Å². The van der Waals surface area contributed by atoms with Crippen molar-refractivity contribution in [3.8, 4) is 11.5 Å². The minimum Gasteiger partial charge on any atom is -0.490 e. The Kier molecular flexibility index (Phi) is 8.55. The Morgan fingerprint density at radius 1 is 0.943 bits per heavy atom. The van der Waals surface area contributed by atoms with E-state index in [4.69, 9.17) is 9.47 Å². The van der Waals surface area contributed by atoms with Crippen molar-refractivity contribution in [3.05, 3.63) is 104 Å². The molecule has 0 spiro atoms. The minimum absolute atomic E-state index is 0.187. The Morgan fingerprint density at radius 2 is 1.69 bits per heavy atom. The van der Waals surface area contributed by atoms with Crippen molar-refractivity contribution in [2.24, 2.45) is 5.10 Å². The van der Waals surface area contributed by atoms with Crippen LogP contribution in [0.15, 0.2) is 92.9 Å². The van der Waals surface area contributed by atoms with Crippen LogP contribution in [0.4, 0.5) is 0 Å². The van der Waals surface area contributed by atoms with Crippen LogP contribution in [0.2, 0.25) is 0 Å². The van der Waals surface area contributed by atoms with Gasteiger partial charge in [0.25, 0.3) is 0 Å². The molecule has 0 aromatic heterocycles. The van der Waals surface area contributed by atoms with Gasteiger partial charge in [-0.05, 0) is 69.0 Å². The first-order chi connectivity index (χ1) is 17.0. The van der Waals surface area contributed by atoms with Crippen LogP contribution < -0.4 is 14.9 Å². The van der Waals surface area contributed by atoms with E-state index in [1.54, 1.807) is 6.21 Å². The average molecular weight is 596 g/mol. The molecule has 0 aliphatic carbocycles. The Labute approximate surface area is 221 Å². The van der Waals surface area contributed by atoms with E-state index in [0.29, 0.717) is 24.7 Å². The van der Waals surface area contributed by atoms with E-state index >= 15 is 0 Å². The number of hydrogen-bond donors (Lipinski definition) is 1. The predicted molar refractivity (Wildman–Crippen MR) is 147 cm³/mol. The lowest BCUT2D eigenvalue weighted by Crippen LogP contribution is -2.20. The molecule has 0 radical (unpaired) electrons. The van der Waals surface area contributed by atoms with Crippen LogP contribution in [0.25, 0.3) is 10.8 Å². The fraction of sp³-hybridized carbons (Fsp3) is 0.143. The highest BCUT2D eigenvalue weighted by Gasteiger charge is 2.11. The van der Waals surface area contributed by atoms with E-state index in [0.717, 1.165) is 36.4 Å². The fourth-order valence-electron chi connectivity index (χ4n) is 3.61. The number of ether oxygens (including phenoxy) is 2. The maximum Gasteiger partial charge on any atom is 0.244 e. The number of carbonyl (C=O) groups excluding carboxylic acids is 1. The Bertz CT molecular complexity index is 1350. The molecule has 178 valence electrons. The summed E-state index contributed by atoms with van der Waals surface area (Å²) in [5, 5.41) is 6.33. The lowest BCUT2D eigenvalue weighted by Gasteiger charge is -2.14. The highest BCUT2D eigenvalue weighted by molar-refractivity contribution is 9.10. The number of fused-ring (bicyclic) bond motifs is 1. The highest BCUT2D eigenvalue weighted by Crippen LogP contribution is 2.34. The summed E-state index contributed by atoms with van der Waals surface area (Å²) in [4.78, 5) is 12.5. The molecule has 1 N–H and O–H groups in total. The van der Waals surface area contributed by atoms with E-state index < -0.39 is 0 Å². The molecule has 0 heterocycles. The van der Waals surface area contributed by atoms with E-state index in [-0.39, 0.29) is 12.3 Å². The molecule has 0 bridgehead atoms. The monoisotopic (exact) mass is 594 g/mol. The maximum atomic E-state index is 12.5. The molecule has 0 atom stereocenters. The number of nitrogens with zero attached hydrogens (tertiary/aromatic N) is 1. The molecule has 4 aromatic rings.